The number of hydrogen-bond donors (Lipinski definition) is 1. The van der Waals surface area contributed by atoms with Crippen LogP contribution in [0.15, 0.2) is 36.5 Å². The van der Waals surface area contributed by atoms with Gasteiger partial charge in [-0.15, -0.1) is 0 Å². The third-order valence-corrected chi connectivity index (χ3v) is 3.29. The van der Waals surface area contributed by atoms with Crippen molar-refractivity contribution in [3.63, 3.8) is 0 Å². The van der Waals surface area contributed by atoms with E-state index in [2.05, 4.69) is 24.3 Å². The first kappa shape index (κ1) is 15.1. The molecule has 1 N–H and O–H groups in total. The van der Waals surface area contributed by atoms with Gasteiger partial charge in [-0.1, -0.05) is 32.0 Å². The fourth-order valence-electron chi connectivity index (χ4n) is 2.03. The average molecular weight is 287 g/mol. The summed E-state index contributed by atoms with van der Waals surface area (Å²) in [6.45, 7) is 5.94. The Bertz CT molecular complexity index is 619. The number of para-hydroxylation sites is 1. The zero-order valence-corrected chi connectivity index (χ0v) is 12.8. The van der Waals surface area contributed by atoms with E-state index in [1.165, 1.54) is 0 Å². The molecule has 0 spiro atoms. The van der Waals surface area contributed by atoms with Crippen LogP contribution < -0.4 is 10.1 Å². The van der Waals surface area contributed by atoms with Crippen LogP contribution in [0.4, 0.5) is 5.82 Å². The molecule has 1 aromatic carbocycles. The fourth-order valence-corrected chi connectivity index (χ4v) is 2.03. The number of benzene rings is 1. The molecular formula is C16H21N3O2. The highest BCUT2D eigenvalue weighted by atomic mass is 16.5. The molecular weight excluding hydrogens is 266 g/mol. The molecule has 0 saturated heterocycles. The summed E-state index contributed by atoms with van der Waals surface area (Å²) in [6.07, 6.45) is 1.05. The Hall–Kier alpha value is -2.30. The number of nitrogens with one attached hydrogen (secondary N) is 1. The first-order valence-corrected chi connectivity index (χ1v) is 7.03. The van der Waals surface area contributed by atoms with Gasteiger partial charge in [0.05, 0.1) is 6.20 Å². The Morgan fingerprint density at radius 3 is 2.57 bits per heavy atom. The third kappa shape index (κ3) is 3.62. The SMILES string of the molecule is CC(Oc1ccccc1C(C)C)C(=O)Nc1ccnn1C. The van der Waals surface area contributed by atoms with Crippen molar-refractivity contribution in [3.05, 3.63) is 42.1 Å². The molecule has 0 aliphatic carbocycles. The van der Waals surface area contributed by atoms with Gasteiger partial charge in [-0.05, 0) is 24.5 Å². The molecule has 0 saturated carbocycles. The van der Waals surface area contributed by atoms with Crippen LogP contribution in [0.2, 0.25) is 0 Å². The zero-order chi connectivity index (χ0) is 15.4. The van der Waals surface area contributed by atoms with Crippen molar-refractivity contribution in [1.29, 1.82) is 0 Å². The van der Waals surface area contributed by atoms with E-state index in [0.29, 0.717) is 11.7 Å². The maximum absolute atomic E-state index is 12.2. The van der Waals surface area contributed by atoms with Gasteiger partial charge in [0, 0.05) is 13.1 Å². The van der Waals surface area contributed by atoms with E-state index in [4.69, 9.17) is 4.74 Å². The third-order valence-electron chi connectivity index (χ3n) is 3.29. The van der Waals surface area contributed by atoms with Crippen LogP contribution >= 0.6 is 0 Å². The van der Waals surface area contributed by atoms with Crippen molar-refractivity contribution in [3.8, 4) is 5.75 Å². The molecule has 5 nitrogen and oxygen atoms in total. The molecule has 2 aromatic rings. The van der Waals surface area contributed by atoms with E-state index in [1.54, 1.807) is 30.9 Å². The second kappa shape index (κ2) is 6.43. The first-order chi connectivity index (χ1) is 9.99. The van der Waals surface area contributed by atoms with Crippen LogP contribution in [0.1, 0.15) is 32.3 Å². The molecule has 1 unspecified atom stereocenters. The Kier molecular flexibility index (Phi) is 4.62. The van der Waals surface area contributed by atoms with Crippen LogP contribution in [0.5, 0.6) is 5.75 Å². The molecule has 1 atom stereocenters. The number of anilines is 1. The number of carbonyl (C=O) groups excluding carboxylic acids is 1. The monoisotopic (exact) mass is 287 g/mol. The summed E-state index contributed by atoms with van der Waals surface area (Å²) >= 11 is 0. The van der Waals surface area contributed by atoms with Gasteiger partial charge in [-0.2, -0.15) is 5.10 Å². The number of carbonyl (C=O) groups is 1. The topological polar surface area (TPSA) is 56.1 Å². The molecule has 21 heavy (non-hydrogen) atoms. The molecule has 0 aliphatic rings. The summed E-state index contributed by atoms with van der Waals surface area (Å²) in [5.74, 6) is 1.54. The van der Waals surface area contributed by atoms with E-state index >= 15 is 0 Å². The van der Waals surface area contributed by atoms with Crippen molar-refractivity contribution < 1.29 is 9.53 Å². The van der Waals surface area contributed by atoms with Gasteiger partial charge in [0.15, 0.2) is 6.10 Å². The lowest BCUT2D eigenvalue weighted by Crippen LogP contribution is -2.31. The van der Waals surface area contributed by atoms with Crippen molar-refractivity contribution in [1.82, 2.24) is 9.78 Å². The minimum atomic E-state index is -0.584. The molecule has 2 rings (SSSR count). The molecule has 112 valence electrons. The number of nitrogens with zero attached hydrogens (tertiary/aromatic N) is 2. The maximum Gasteiger partial charge on any atom is 0.266 e. The van der Waals surface area contributed by atoms with Crippen LogP contribution in [0.3, 0.4) is 0 Å². The number of aromatic nitrogens is 2. The van der Waals surface area contributed by atoms with Gasteiger partial charge in [0.1, 0.15) is 11.6 Å². The number of hydrogen-bond acceptors (Lipinski definition) is 3. The van der Waals surface area contributed by atoms with Crippen LogP contribution in [-0.4, -0.2) is 21.8 Å². The summed E-state index contributed by atoms with van der Waals surface area (Å²) in [5.41, 5.74) is 1.10. The van der Waals surface area contributed by atoms with Gasteiger partial charge < -0.3 is 10.1 Å². The Morgan fingerprint density at radius 2 is 1.95 bits per heavy atom. The van der Waals surface area contributed by atoms with Gasteiger partial charge in [0.25, 0.3) is 5.91 Å². The zero-order valence-electron chi connectivity index (χ0n) is 12.8. The fraction of sp³-hybridized carbons (Fsp3) is 0.375. The highest BCUT2D eigenvalue weighted by Gasteiger charge is 2.18. The van der Waals surface area contributed by atoms with E-state index < -0.39 is 6.10 Å². The Morgan fingerprint density at radius 1 is 1.24 bits per heavy atom. The lowest BCUT2D eigenvalue weighted by atomic mass is 10.0. The summed E-state index contributed by atoms with van der Waals surface area (Å²) in [5, 5.41) is 6.81. The minimum absolute atomic E-state index is 0.197. The highest BCUT2D eigenvalue weighted by molar-refractivity contribution is 5.93. The van der Waals surface area contributed by atoms with Crippen LogP contribution in [0, 0.1) is 0 Å². The van der Waals surface area contributed by atoms with Gasteiger partial charge in [-0.25, -0.2) is 0 Å². The summed E-state index contributed by atoms with van der Waals surface area (Å²) in [7, 11) is 1.77. The van der Waals surface area contributed by atoms with Crippen molar-refractivity contribution >= 4 is 11.7 Å². The molecule has 0 radical (unpaired) electrons. The highest BCUT2D eigenvalue weighted by Crippen LogP contribution is 2.26. The molecule has 0 aliphatic heterocycles. The first-order valence-electron chi connectivity index (χ1n) is 7.03. The number of amides is 1. The van der Waals surface area contributed by atoms with Gasteiger partial charge >= 0.3 is 0 Å². The normalized spacial score (nSPS) is 12.2. The Balaban J connectivity index is 2.06. The number of aryl methyl sites for hydroxylation is 1. The quantitative estimate of drug-likeness (QED) is 0.920. The second-order valence-electron chi connectivity index (χ2n) is 5.28. The maximum atomic E-state index is 12.2. The van der Waals surface area contributed by atoms with Crippen molar-refractivity contribution in [2.45, 2.75) is 32.8 Å². The van der Waals surface area contributed by atoms with E-state index in [9.17, 15) is 4.79 Å². The molecule has 0 bridgehead atoms. The summed E-state index contributed by atoms with van der Waals surface area (Å²) in [6, 6.07) is 9.54. The summed E-state index contributed by atoms with van der Waals surface area (Å²) in [4.78, 5) is 12.2. The van der Waals surface area contributed by atoms with E-state index in [0.717, 1.165) is 11.3 Å². The van der Waals surface area contributed by atoms with Crippen LogP contribution in [0.25, 0.3) is 0 Å². The standard InChI is InChI=1S/C16H21N3O2/c1-11(2)13-7-5-6-8-14(13)21-12(3)16(20)18-15-9-10-17-19(15)4/h5-12H,1-4H3,(H,18,20). The molecule has 0 fully saturated rings. The number of ether oxygens (including phenoxy) is 1. The van der Waals surface area contributed by atoms with Gasteiger partial charge in [-0.3, -0.25) is 9.48 Å². The predicted octanol–water partition coefficient (Wildman–Crippen LogP) is 2.95. The van der Waals surface area contributed by atoms with E-state index in [1.807, 2.05) is 24.3 Å². The summed E-state index contributed by atoms with van der Waals surface area (Å²) < 4.78 is 7.42. The van der Waals surface area contributed by atoms with Crippen molar-refractivity contribution in [2.75, 3.05) is 5.32 Å². The smallest absolute Gasteiger partial charge is 0.266 e. The Labute approximate surface area is 124 Å². The molecule has 5 heteroatoms. The van der Waals surface area contributed by atoms with E-state index in [-0.39, 0.29) is 5.91 Å². The second-order valence-corrected chi connectivity index (χ2v) is 5.28. The van der Waals surface area contributed by atoms with Gasteiger partial charge in [0.2, 0.25) is 0 Å². The molecule has 1 amide bonds. The lowest BCUT2D eigenvalue weighted by molar-refractivity contribution is -0.122. The molecule has 1 heterocycles. The number of rotatable bonds is 5. The van der Waals surface area contributed by atoms with Crippen LogP contribution in [-0.2, 0) is 11.8 Å². The lowest BCUT2D eigenvalue weighted by Gasteiger charge is -2.18. The molecule has 1 aromatic heterocycles. The predicted molar refractivity (Wildman–Crippen MR) is 82.5 cm³/mol. The minimum Gasteiger partial charge on any atom is -0.481 e. The van der Waals surface area contributed by atoms with Crippen molar-refractivity contribution in [2.24, 2.45) is 7.05 Å². The largest absolute Gasteiger partial charge is 0.481 e. The average Bonchev–Trinajstić information content (AvgIpc) is 2.84.